The Kier molecular flexibility index (Phi) is 8.07. The van der Waals surface area contributed by atoms with Crippen molar-refractivity contribution in [1.82, 2.24) is 14.4 Å². The van der Waals surface area contributed by atoms with E-state index in [0.717, 1.165) is 11.6 Å². The average Bonchev–Trinajstić information content (AvgIpc) is 2.86. The minimum absolute atomic E-state index is 0.194. The van der Waals surface area contributed by atoms with E-state index in [9.17, 15) is 22.8 Å². The van der Waals surface area contributed by atoms with Crippen molar-refractivity contribution in [1.29, 1.82) is 0 Å². The molecule has 2 heterocycles. The Hall–Kier alpha value is -2.81. The summed E-state index contributed by atoms with van der Waals surface area (Å²) in [5.74, 6) is -0.194. The van der Waals surface area contributed by atoms with Gasteiger partial charge in [-0.05, 0) is 41.8 Å². The van der Waals surface area contributed by atoms with E-state index in [1.54, 1.807) is 29.2 Å². The fourth-order valence-corrected chi connectivity index (χ4v) is 4.59. The maximum atomic E-state index is 13.2. The average molecular weight is 538 g/mol. The number of alkyl halides is 3. The molecule has 0 radical (unpaired) electrons. The number of rotatable bonds is 6. The number of amides is 1. The molecule has 3 aromatic rings. The molecule has 1 fully saturated rings. The largest absolute Gasteiger partial charge is 0.416 e. The van der Waals surface area contributed by atoms with Gasteiger partial charge in [0.2, 0.25) is 0 Å². The molecule has 0 saturated carbocycles. The van der Waals surface area contributed by atoms with Crippen LogP contribution in [-0.2, 0) is 19.1 Å². The zero-order chi connectivity index (χ0) is 25.9. The molecule has 0 N–H and O–H groups in total. The van der Waals surface area contributed by atoms with Crippen LogP contribution in [0.4, 0.5) is 13.2 Å². The number of piperazine rings is 1. The molecule has 36 heavy (non-hydrogen) atoms. The molecule has 0 aliphatic carbocycles. The highest BCUT2D eigenvalue weighted by molar-refractivity contribution is 6.42. The minimum atomic E-state index is -4.38. The van der Waals surface area contributed by atoms with Crippen LogP contribution in [0, 0.1) is 0 Å². The van der Waals surface area contributed by atoms with E-state index in [0.29, 0.717) is 48.3 Å². The Labute approximate surface area is 216 Å². The highest BCUT2D eigenvalue weighted by atomic mass is 35.5. The van der Waals surface area contributed by atoms with Gasteiger partial charge in [-0.25, -0.2) is 0 Å². The molecular weight excluding hydrogens is 514 g/mol. The summed E-state index contributed by atoms with van der Waals surface area (Å²) in [6, 6.07) is 13.6. The first-order valence-corrected chi connectivity index (χ1v) is 12.2. The minimum Gasteiger partial charge on any atom is -0.336 e. The van der Waals surface area contributed by atoms with E-state index in [1.807, 2.05) is 0 Å². The summed E-state index contributed by atoms with van der Waals surface area (Å²) in [5.41, 5.74) is 0.586. The van der Waals surface area contributed by atoms with Crippen molar-refractivity contribution < 1.29 is 18.0 Å². The summed E-state index contributed by atoms with van der Waals surface area (Å²) in [5, 5.41) is 0.801. The first-order chi connectivity index (χ1) is 17.1. The molecule has 190 valence electrons. The third kappa shape index (κ3) is 6.30. The lowest BCUT2D eigenvalue weighted by atomic mass is 10.0. The molecule has 0 atom stereocenters. The standard InChI is InChI=1S/C26H24Cl2F3N3O2/c27-22-7-5-18(15-23(22)28)16-34-17-20(6-8-24(34)35)25(36)33-13-11-32(12-14-33)10-9-19-3-1-2-4-21(19)26(29,30)31/h1-8,15,17H,9-14,16H2. The summed E-state index contributed by atoms with van der Waals surface area (Å²) in [7, 11) is 0. The van der Waals surface area contributed by atoms with Crippen LogP contribution in [0.2, 0.25) is 10.0 Å². The molecule has 10 heteroatoms. The van der Waals surface area contributed by atoms with Gasteiger partial charge in [0, 0.05) is 45.0 Å². The number of hydrogen-bond acceptors (Lipinski definition) is 3. The molecular formula is C26H24Cl2F3N3O2. The van der Waals surface area contributed by atoms with E-state index in [1.165, 1.54) is 35.0 Å². The molecule has 0 bridgehead atoms. The van der Waals surface area contributed by atoms with Crippen LogP contribution in [-0.4, -0.2) is 53.0 Å². The predicted molar refractivity (Wildman–Crippen MR) is 134 cm³/mol. The Balaban J connectivity index is 1.36. The number of nitrogens with zero attached hydrogens (tertiary/aromatic N) is 3. The molecule has 1 aliphatic heterocycles. The summed E-state index contributed by atoms with van der Waals surface area (Å²) in [6.07, 6.45) is -2.56. The van der Waals surface area contributed by atoms with Crippen LogP contribution >= 0.6 is 23.2 Å². The second-order valence-electron chi connectivity index (χ2n) is 8.67. The Morgan fingerprint density at radius 2 is 1.64 bits per heavy atom. The summed E-state index contributed by atoms with van der Waals surface area (Å²) >= 11 is 12.0. The van der Waals surface area contributed by atoms with Gasteiger partial charge < -0.3 is 9.47 Å². The van der Waals surface area contributed by atoms with Gasteiger partial charge in [-0.2, -0.15) is 13.2 Å². The fraction of sp³-hybridized carbons (Fsp3) is 0.308. The second-order valence-corrected chi connectivity index (χ2v) is 9.49. The summed E-state index contributed by atoms with van der Waals surface area (Å²) in [4.78, 5) is 29.2. The number of hydrogen-bond donors (Lipinski definition) is 0. The molecule has 1 saturated heterocycles. The lowest BCUT2D eigenvalue weighted by molar-refractivity contribution is -0.138. The zero-order valence-electron chi connectivity index (χ0n) is 19.3. The van der Waals surface area contributed by atoms with E-state index < -0.39 is 11.7 Å². The van der Waals surface area contributed by atoms with Gasteiger partial charge in [-0.15, -0.1) is 0 Å². The first-order valence-electron chi connectivity index (χ1n) is 11.4. The van der Waals surface area contributed by atoms with Gasteiger partial charge in [-0.1, -0.05) is 47.5 Å². The van der Waals surface area contributed by atoms with Gasteiger partial charge >= 0.3 is 6.18 Å². The van der Waals surface area contributed by atoms with E-state index >= 15 is 0 Å². The monoisotopic (exact) mass is 537 g/mol. The van der Waals surface area contributed by atoms with Crippen LogP contribution < -0.4 is 5.56 Å². The topological polar surface area (TPSA) is 45.6 Å². The van der Waals surface area contributed by atoms with Crippen molar-refractivity contribution >= 4 is 29.1 Å². The SMILES string of the molecule is O=C(c1ccc(=O)n(Cc2ccc(Cl)c(Cl)c2)c1)N1CCN(CCc2ccccc2C(F)(F)F)CC1. The van der Waals surface area contributed by atoms with Crippen molar-refractivity contribution in [2.75, 3.05) is 32.7 Å². The van der Waals surface area contributed by atoms with E-state index in [4.69, 9.17) is 23.2 Å². The Bertz CT molecular complexity index is 1300. The third-order valence-electron chi connectivity index (χ3n) is 6.25. The number of pyridine rings is 1. The second kappa shape index (κ2) is 11.1. The Morgan fingerprint density at radius 3 is 2.33 bits per heavy atom. The zero-order valence-corrected chi connectivity index (χ0v) is 20.8. The molecule has 1 aliphatic rings. The number of halogens is 5. The van der Waals surface area contributed by atoms with Gasteiger partial charge in [0.15, 0.2) is 0 Å². The van der Waals surface area contributed by atoms with Crippen molar-refractivity contribution in [2.45, 2.75) is 19.1 Å². The molecule has 5 nitrogen and oxygen atoms in total. The van der Waals surface area contributed by atoms with Crippen LogP contribution in [0.3, 0.4) is 0 Å². The number of carbonyl (C=O) groups excluding carboxylic acids is 1. The van der Waals surface area contributed by atoms with Crippen LogP contribution in [0.25, 0.3) is 0 Å². The smallest absolute Gasteiger partial charge is 0.336 e. The molecule has 1 amide bonds. The van der Waals surface area contributed by atoms with E-state index in [2.05, 4.69) is 4.90 Å². The Morgan fingerprint density at radius 1 is 0.917 bits per heavy atom. The van der Waals surface area contributed by atoms with Gasteiger partial charge in [0.05, 0.1) is 27.7 Å². The summed E-state index contributed by atoms with van der Waals surface area (Å²) < 4.78 is 41.1. The molecule has 0 spiro atoms. The molecule has 1 aromatic heterocycles. The third-order valence-corrected chi connectivity index (χ3v) is 6.99. The maximum Gasteiger partial charge on any atom is 0.416 e. The lowest BCUT2D eigenvalue weighted by Crippen LogP contribution is -2.49. The summed E-state index contributed by atoms with van der Waals surface area (Å²) in [6.45, 7) is 2.73. The molecule has 4 rings (SSSR count). The number of benzene rings is 2. The number of carbonyl (C=O) groups is 1. The highest BCUT2D eigenvalue weighted by Gasteiger charge is 2.33. The maximum absolute atomic E-state index is 13.2. The predicted octanol–water partition coefficient (Wildman–Crippen LogP) is 5.22. The van der Waals surface area contributed by atoms with Gasteiger partial charge in [-0.3, -0.25) is 14.5 Å². The van der Waals surface area contributed by atoms with Crippen LogP contribution in [0.5, 0.6) is 0 Å². The van der Waals surface area contributed by atoms with Crippen LogP contribution in [0.15, 0.2) is 65.6 Å². The quantitative estimate of drug-likeness (QED) is 0.433. The lowest BCUT2D eigenvalue weighted by Gasteiger charge is -2.35. The van der Waals surface area contributed by atoms with Crippen molar-refractivity contribution in [2.24, 2.45) is 0 Å². The first kappa shape index (κ1) is 26.3. The van der Waals surface area contributed by atoms with Crippen molar-refractivity contribution in [3.05, 3.63) is 103 Å². The van der Waals surface area contributed by atoms with Gasteiger partial charge in [0.1, 0.15) is 0 Å². The van der Waals surface area contributed by atoms with Gasteiger partial charge in [0.25, 0.3) is 11.5 Å². The van der Waals surface area contributed by atoms with Crippen LogP contribution in [0.1, 0.15) is 27.0 Å². The fourth-order valence-electron chi connectivity index (χ4n) is 4.27. The number of aromatic nitrogens is 1. The molecule has 0 unspecified atom stereocenters. The van der Waals surface area contributed by atoms with Crippen molar-refractivity contribution in [3.8, 4) is 0 Å². The highest BCUT2D eigenvalue weighted by Crippen LogP contribution is 2.32. The normalized spacial score (nSPS) is 14.8. The molecule has 2 aromatic carbocycles. The van der Waals surface area contributed by atoms with Crippen molar-refractivity contribution in [3.63, 3.8) is 0 Å². The van der Waals surface area contributed by atoms with E-state index in [-0.39, 0.29) is 30.0 Å².